The fraction of sp³-hybridized carbons (Fsp3) is 0.464. The highest BCUT2D eigenvalue weighted by molar-refractivity contribution is 5.83. The predicted octanol–water partition coefficient (Wildman–Crippen LogP) is 4.65. The second-order valence-corrected chi connectivity index (χ2v) is 9.66. The van der Waals surface area contributed by atoms with E-state index in [-0.39, 0.29) is 31.5 Å². The van der Waals surface area contributed by atoms with Crippen molar-refractivity contribution in [3.05, 3.63) is 59.7 Å². The molecule has 1 aliphatic heterocycles. The minimum Gasteiger partial charge on any atom is -0.481 e. The first-order valence-corrected chi connectivity index (χ1v) is 12.5. The van der Waals surface area contributed by atoms with E-state index < -0.39 is 23.4 Å². The van der Waals surface area contributed by atoms with Crippen LogP contribution >= 0.6 is 0 Å². The van der Waals surface area contributed by atoms with Crippen LogP contribution in [0.5, 0.6) is 0 Å². The van der Waals surface area contributed by atoms with Gasteiger partial charge in [0.2, 0.25) is 5.91 Å². The molecule has 0 saturated carbocycles. The molecular formula is C28H34N2O5. The summed E-state index contributed by atoms with van der Waals surface area (Å²) in [6.45, 7) is 4.91. The number of rotatable bonds is 9. The molecule has 0 aromatic heterocycles. The molecule has 2 atom stereocenters. The van der Waals surface area contributed by atoms with Crippen LogP contribution in [0.4, 0.5) is 4.79 Å². The van der Waals surface area contributed by atoms with E-state index in [9.17, 15) is 19.5 Å². The van der Waals surface area contributed by atoms with Gasteiger partial charge in [-0.05, 0) is 41.5 Å². The topological polar surface area (TPSA) is 95.9 Å². The smallest absolute Gasteiger partial charge is 0.407 e. The first kappa shape index (κ1) is 24.8. The number of amides is 2. The number of fused-ring (bicyclic) bond motifs is 3. The van der Waals surface area contributed by atoms with Gasteiger partial charge in [-0.3, -0.25) is 9.59 Å². The number of aliphatic carboxylic acids is 1. The molecule has 186 valence electrons. The van der Waals surface area contributed by atoms with Gasteiger partial charge in [-0.2, -0.15) is 0 Å². The second kappa shape index (κ2) is 10.5. The molecule has 0 bridgehead atoms. The second-order valence-electron chi connectivity index (χ2n) is 9.66. The van der Waals surface area contributed by atoms with Gasteiger partial charge in [0.25, 0.3) is 0 Å². The molecule has 1 heterocycles. The van der Waals surface area contributed by atoms with E-state index in [1.54, 1.807) is 4.90 Å². The summed E-state index contributed by atoms with van der Waals surface area (Å²) >= 11 is 0. The van der Waals surface area contributed by atoms with Crippen LogP contribution in [0.3, 0.4) is 0 Å². The first-order chi connectivity index (χ1) is 16.9. The summed E-state index contributed by atoms with van der Waals surface area (Å²) in [6, 6.07) is 16.3. The molecule has 0 radical (unpaired) electrons. The van der Waals surface area contributed by atoms with Crippen LogP contribution in [0.15, 0.2) is 48.5 Å². The zero-order chi connectivity index (χ0) is 25.0. The van der Waals surface area contributed by atoms with Gasteiger partial charge in [0.1, 0.15) is 6.61 Å². The Morgan fingerprint density at radius 3 is 2.29 bits per heavy atom. The van der Waals surface area contributed by atoms with Crippen LogP contribution in [0, 0.1) is 11.3 Å². The number of nitrogens with zero attached hydrogens (tertiary/aromatic N) is 1. The SMILES string of the molecule is CCCC1(C(=O)O)CCN(C(=O)C(CC)CNC(=O)OCC2c3ccccc3-c3ccccc32)C1. The van der Waals surface area contributed by atoms with Crippen LogP contribution in [-0.4, -0.2) is 54.2 Å². The molecule has 1 fully saturated rings. The normalized spacial score (nSPS) is 19.7. The molecule has 2 aliphatic rings. The minimum absolute atomic E-state index is 0.0240. The average Bonchev–Trinajstić information content (AvgIpc) is 3.44. The van der Waals surface area contributed by atoms with Crippen molar-refractivity contribution in [3.8, 4) is 11.1 Å². The Labute approximate surface area is 206 Å². The fourth-order valence-corrected chi connectivity index (χ4v) is 5.55. The lowest BCUT2D eigenvalue weighted by Crippen LogP contribution is -2.42. The lowest BCUT2D eigenvalue weighted by Gasteiger charge is -2.26. The summed E-state index contributed by atoms with van der Waals surface area (Å²) in [5.41, 5.74) is 3.76. The number of carboxylic acid groups (broad SMARTS) is 1. The zero-order valence-corrected chi connectivity index (χ0v) is 20.5. The number of carboxylic acids is 1. The number of hydrogen-bond donors (Lipinski definition) is 2. The number of hydrogen-bond acceptors (Lipinski definition) is 4. The highest BCUT2D eigenvalue weighted by Gasteiger charge is 2.46. The van der Waals surface area contributed by atoms with Crippen LogP contribution in [0.1, 0.15) is 56.6 Å². The van der Waals surface area contributed by atoms with Crippen molar-refractivity contribution < 1.29 is 24.2 Å². The van der Waals surface area contributed by atoms with Gasteiger partial charge in [0.05, 0.1) is 11.3 Å². The molecule has 2 amide bonds. The number of carbonyl (C=O) groups excluding carboxylic acids is 2. The Morgan fingerprint density at radius 1 is 1.09 bits per heavy atom. The van der Waals surface area contributed by atoms with Gasteiger partial charge in [-0.1, -0.05) is 68.8 Å². The van der Waals surface area contributed by atoms with E-state index in [0.717, 1.165) is 17.5 Å². The Kier molecular flexibility index (Phi) is 7.43. The maximum Gasteiger partial charge on any atom is 0.407 e. The van der Waals surface area contributed by atoms with E-state index in [1.165, 1.54) is 11.1 Å². The quantitative estimate of drug-likeness (QED) is 0.547. The molecule has 1 aliphatic carbocycles. The van der Waals surface area contributed by atoms with E-state index >= 15 is 0 Å². The molecule has 7 heteroatoms. The molecular weight excluding hydrogens is 444 g/mol. The monoisotopic (exact) mass is 478 g/mol. The van der Waals surface area contributed by atoms with Gasteiger partial charge in [-0.15, -0.1) is 0 Å². The largest absolute Gasteiger partial charge is 0.481 e. The highest BCUT2D eigenvalue weighted by Crippen LogP contribution is 2.44. The van der Waals surface area contributed by atoms with Crippen molar-refractivity contribution in [1.29, 1.82) is 0 Å². The lowest BCUT2D eigenvalue weighted by atomic mass is 9.83. The molecule has 1 saturated heterocycles. The number of carbonyl (C=O) groups is 3. The van der Waals surface area contributed by atoms with Gasteiger partial charge in [0, 0.05) is 25.6 Å². The molecule has 7 nitrogen and oxygen atoms in total. The van der Waals surface area contributed by atoms with Crippen LogP contribution in [0.25, 0.3) is 11.1 Å². The van der Waals surface area contributed by atoms with Crippen LogP contribution in [-0.2, 0) is 14.3 Å². The Hall–Kier alpha value is -3.35. The average molecular weight is 479 g/mol. The summed E-state index contributed by atoms with van der Waals surface area (Å²) in [5.74, 6) is -1.38. The summed E-state index contributed by atoms with van der Waals surface area (Å²) in [4.78, 5) is 39.1. The maximum absolute atomic E-state index is 13.1. The van der Waals surface area contributed by atoms with E-state index in [4.69, 9.17) is 4.74 Å². The predicted molar refractivity (Wildman–Crippen MR) is 133 cm³/mol. The third-order valence-corrected chi connectivity index (χ3v) is 7.53. The van der Waals surface area contributed by atoms with Gasteiger partial charge >= 0.3 is 12.1 Å². The molecule has 35 heavy (non-hydrogen) atoms. The minimum atomic E-state index is -0.858. The Balaban J connectivity index is 1.32. The van der Waals surface area contributed by atoms with Gasteiger partial charge in [-0.25, -0.2) is 4.79 Å². The Morgan fingerprint density at radius 2 is 1.71 bits per heavy atom. The van der Waals surface area contributed by atoms with Crippen molar-refractivity contribution >= 4 is 18.0 Å². The molecule has 2 aromatic rings. The van der Waals surface area contributed by atoms with Gasteiger partial charge < -0.3 is 20.1 Å². The lowest BCUT2D eigenvalue weighted by molar-refractivity contribution is -0.149. The maximum atomic E-state index is 13.1. The Bertz CT molecular complexity index is 1050. The number of alkyl carbamates (subject to hydrolysis) is 1. The highest BCUT2D eigenvalue weighted by atomic mass is 16.5. The van der Waals surface area contributed by atoms with Crippen molar-refractivity contribution in [2.24, 2.45) is 11.3 Å². The molecule has 0 spiro atoms. The molecule has 2 unspecified atom stereocenters. The summed E-state index contributed by atoms with van der Waals surface area (Å²) in [7, 11) is 0. The van der Waals surface area contributed by atoms with Crippen molar-refractivity contribution in [2.75, 3.05) is 26.2 Å². The van der Waals surface area contributed by atoms with Crippen molar-refractivity contribution in [1.82, 2.24) is 10.2 Å². The van der Waals surface area contributed by atoms with E-state index in [0.29, 0.717) is 25.8 Å². The number of nitrogens with one attached hydrogen (secondary N) is 1. The third-order valence-electron chi connectivity index (χ3n) is 7.53. The number of benzene rings is 2. The molecule has 2 aromatic carbocycles. The first-order valence-electron chi connectivity index (χ1n) is 12.5. The molecule has 4 rings (SSSR count). The zero-order valence-electron chi connectivity index (χ0n) is 20.5. The standard InChI is InChI=1S/C28H34N2O5/c1-3-13-28(26(32)33)14-15-30(18-28)25(31)19(4-2)16-29-27(34)35-17-24-22-11-7-5-9-20(22)21-10-6-8-12-23(21)24/h5-12,19,24H,3-4,13-18H2,1-2H3,(H,29,34)(H,32,33). The van der Waals surface area contributed by atoms with Crippen molar-refractivity contribution in [2.45, 2.75) is 45.4 Å². The van der Waals surface area contributed by atoms with Crippen LogP contribution in [0.2, 0.25) is 0 Å². The third kappa shape index (κ3) is 4.90. The summed E-state index contributed by atoms with van der Waals surface area (Å²) in [6.07, 6.45) is 1.78. The van der Waals surface area contributed by atoms with Crippen molar-refractivity contribution in [3.63, 3.8) is 0 Å². The van der Waals surface area contributed by atoms with Gasteiger partial charge in [0.15, 0.2) is 0 Å². The number of likely N-dealkylation sites (tertiary alicyclic amines) is 1. The van der Waals surface area contributed by atoms with E-state index in [2.05, 4.69) is 29.6 Å². The van der Waals surface area contributed by atoms with E-state index in [1.807, 2.05) is 38.1 Å². The molecule has 2 N–H and O–H groups in total. The number of ether oxygens (including phenoxy) is 1. The fourth-order valence-electron chi connectivity index (χ4n) is 5.55. The van der Waals surface area contributed by atoms with Crippen LogP contribution < -0.4 is 5.32 Å². The summed E-state index contributed by atoms with van der Waals surface area (Å²) in [5, 5.41) is 12.5. The summed E-state index contributed by atoms with van der Waals surface area (Å²) < 4.78 is 5.58.